The number of rotatable bonds is 5. The van der Waals surface area contributed by atoms with Crippen LogP contribution in [0, 0.1) is 33.4 Å². The summed E-state index contributed by atoms with van der Waals surface area (Å²) in [7, 11) is 1.32. The van der Waals surface area contributed by atoms with E-state index in [0.717, 1.165) is 15.6 Å². The highest BCUT2D eigenvalue weighted by Gasteiger charge is 2.26. The Labute approximate surface area is 153 Å². The van der Waals surface area contributed by atoms with Crippen molar-refractivity contribution in [1.82, 2.24) is 19.6 Å². The van der Waals surface area contributed by atoms with Crippen molar-refractivity contribution < 1.29 is 27.3 Å². The van der Waals surface area contributed by atoms with E-state index in [1.807, 2.05) is 0 Å². The van der Waals surface area contributed by atoms with Crippen LogP contribution in [-0.4, -0.2) is 30.4 Å². The van der Waals surface area contributed by atoms with Gasteiger partial charge in [0.1, 0.15) is 6.20 Å². The van der Waals surface area contributed by atoms with E-state index in [-0.39, 0.29) is 17.6 Å². The molecule has 9 nitrogen and oxygen atoms in total. The molecule has 1 amide bonds. The van der Waals surface area contributed by atoms with E-state index in [2.05, 4.69) is 15.5 Å². The van der Waals surface area contributed by atoms with Gasteiger partial charge in [-0.05, 0) is 0 Å². The van der Waals surface area contributed by atoms with Gasteiger partial charge in [-0.2, -0.15) is 10.2 Å². The van der Waals surface area contributed by atoms with E-state index >= 15 is 0 Å². The van der Waals surface area contributed by atoms with Gasteiger partial charge in [0.25, 0.3) is 5.91 Å². The molecule has 3 rings (SSSR count). The van der Waals surface area contributed by atoms with Gasteiger partial charge >= 0.3 is 5.69 Å². The minimum atomic E-state index is -1.56. The Balaban J connectivity index is 1.82. The molecule has 0 radical (unpaired) electrons. The van der Waals surface area contributed by atoms with Crippen molar-refractivity contribution in [3.05, 3.63) is 69.2 Å². The van der Waals surface area contributed by atoms with Crippen molar-refractivity contribution in [2.24, 2.45) is 7.05 Å². The van der Waals surface area contributed by atoms with Crippen molar-refractivity contribution in [1.29, 1.82) is 0 Å². The Morgan fingerprint density at radius 1 is 1.25 bits per heavy atom. The van der Waals surface area contributed by atoms with Crippen LogP contribution in [-0.2, 0) is 13.6 Å². The maximum absolute atomic E-state index is 13.7. The smallest absolute Gasteiger partial charge is 0.304 e. The van der Waals surface area contributed by atoms with Crippen LogP contribution in [0.4, 0.5) is 29.1 Å². The number of carbonyl (C=O) groups is 1. The van der Waals surface area contributed by atoms with Crippen molar-refractivity contribution in [2.45, 2.75) is 6.54 Å². The lowest BCUT2D eigenvalue weighted by atomic mass is 10.2. The summed E-state index contributed by atoms with van der Waals surface area (Å²) < 4.78 is 55.9. The molecule has 0 aliphatic heterocycles. The van der Waals surface area contributed by atoms with Crippen LogP contribution in [0.1, 0.15) is 16.1 Å². The predicted octanol–water partition coefficient (Wildman–Crippen LogP) is 2.38. The Kier molecular flexibility index (Phi) is 4.81. The van der Waals surface area contributed by atoms with Gasteiger partial charge in [-0.3, -0.25) is 24.3 Å². The van der Waals surface area contributed by atoms with Gasteiger partial charge < -0.3 is 5.32 Å². The van der Waals surface area contributed by atoms with E-state index in [1.165, 1.54) is 19.3 Å². The third-order valence-electron chi connectivity index (χ3n) is 3.74. The van der Waals surface area contributed by atoms with Gasteiger partial charge in [-0.1, -0.05) is 0 Å². The molecule has 0 fully saturated rings. The van der Waals surface area contributed by atoms with Crippen LogP contribution in [0.3, 0.4) is 0 Å². The molecule has 0 bridgehead atoms. The van der Waals surface area contributed by atoms with Crippen LogP contribution in [0.2, 0.25) is 0 Å². The second-order valence-electron chi connectivity index (χ2n) is 5.56. The molecule has 1 N–H and O–H groups in total. The van der Waals surface area contributed by atoms with Gasteiger partial charge in [-0.25, -0.2) is 17.6 Å². The lowest BCUT2D eigenvalue weighted by Gasteiger charge is -2.07. The minimum Gasteiger partial charge on any atom is -0.304 e. The number of nitrogens with one attached hydrogen (secondary N) is 1. The summed E-state index contributed by atoms with van der Waals surface area (Å²) in [5.41, 5.74) is -1.76. The summed E-state index contributed by atoms with van der Waals surface area (Å²) in [5.74, 6) is -7.25. The number of nitrogens with zero attached hydrogens (tertiary/aromatic N) is 5. The highest BCUT2D eigenvalue weighted by Crippen LogP contribution is 2.21. The summed E-state index contributed by atoms with van der Waals surface area (Å²) in [5, 5.41) is 20.6. The lowest BCUT2D eigenvalue weighted by molar-refractivity contribution is -0.385. The van der Waals surface area contributed by atoms with Gasteiger partial charge in [-0.15, -0.1) is 0 Å². The quantitative estimate of drug-likeness (QED) is 0.307. The molecule has 2 aromatic heterocycles. The first-order valence-corrected chi connectivity index (χ1v) is 7.52. The Morgan fingerprint density at radius 3 is 2.50 bits per heavy atom. The van der Waals surface area contributed by atoms with E-state index in [9.17, 15) is 32.5 Å². The van der Waals surface area contributed by atoms with Crippen LogP contribution < -0.4 is 5.32 Å². The highest BCUT2D eigenvalue weighted by molar-refractivity contribution is 6.05. The molecule has 0 atom stereocenters. The SMILES string of the molecule is Cn1ncc([N+](=O)[O-])c1C(=O)Nc1ccn(Cc2c(F)c(F)cc(F)c2F)n1. The molecule has 0 spiro atoms. The number of halogens is 4. The highest BCUT2D eigenvalue weighted by atomic mass is 19.2. The second kappa shape index (κ2) is 7.09. The molecule has 3 aromatic rings. The molecule has 0 saturated carbocycles. The van der Waals surface area contributed by atoms with Gasteiger partial charge in [0.15, 0.2) is 29.1 Å². The number of hydrogen-bond acceptors (Lipinski definition) is 5. The van der Waals surface area contributed by atoms with Gasteiger partial charge in [0, 0.05) is 25.4 Å². The first-order valence-electron chi connectivity index (χ1n) is 7.52. The van der Waals surface area contributed by atoms with Crippen molar-refractivity contribution in [2.75, 3.05) is 5.32 Å². The van der Waals surface area contributed by atoms with Crippen molar-refractivity contribution in [3.8, 4) is 0 Å². The van der Waals surface area contributed by atoms with Crippen molar-refractivity contribution >= 4 is 17.4 Å². The van der Waals surface area contributed by atoms with Crippen LogP contribution in [0.15, 0.2) is 24.5 Å². The number of nitro groups is 1. The third-order valence-corrected chi connectivity index (χ3v) is 3.74. The van der Waals surface area contributed by atoms with Crippen LogP contribution in [0.5, 0.6) is 0 Å². The Hall–Kier alpha value is -3.77. The largest absolute Gasteiger partial charge is 0.320 e. The molecule has 0 aliphatic carbocycles. The zero-order chi connectivity index (χ0) is 20.6. The number of anilines is 1. The van der Waals surface area contributed by atoms with E-state index in [0.29, 0.717) is 0 Å². The third kappa shape index (κ3) is 3.41. The monoisotopic (exact) mass is 398 g/mol. The fourth-order valence-electron chi connectivity index (χ4n) is 2.44. The second-order valence-corrected chi connectivity index (χ2v) is 5.56. The number of carbonyl (C=O) groups excluding carboxylic acids is 1. The summed E-state index contributed by atoms with van der Waals surface area (Å²) >= 11 is 0. The first-order chi connectivity index (χ1) is 13.2. The summed E-state index contributed by atoms with van der Waals surface area (Å²) in [6, 6.07) is 1.31. The molecule has 0 unspecified atom stereocenters. The molecular formula is C15H10F4N6O3. The predicted molar refractivity (Wildman–Crippen MR) is 85.4 cm³/mol. The maximum Gasteiger partial charge on any atom is 0.320 e. The summed E-state index contributed by atoms with van der Waals surface area (Å²) in [6.45, 7) is -0.659. The zero-order valence-electron chi connectivity index (χ0n) is 14.0. The van der Waals surface area contributed by atoms with Crippen LogP contribution >= 0.6 is 0 Å². The molecule has 2 heterocycles. The molecule has 28 heavy (non-hydrogen) atoms. The van der Waals surface area contributed by atoms with Crippen molar-refractivity contribution in [3.63, 3.8) is 0 Å². The topological polar surface area (TPSA) is 108 Å². The average Bonchev–Trinajstić information content (AvgIpc) is 3.23. The molecular weight excluding hydrogens is 388 g/mol. The van der Waals surface area contributed by atoms with E-state index in [1.54, 1.807) is 0 Å². The zero-order valence-corrected chi connectivity index (χ0v) is 14.0. The van der Waals surface area contributed by atoms with Gasteiger partial charge in [0.2, 0.25) is 5.69 Å². The molecule has 146 valence electrons. The standard InChI is InChI=1S/C15H10F4N6O3/c1-23-14(10(5-20-23)25(27)28)15(26)21-11-2-3-24(22-11)6-7-12(18)8(16)4-9(17)13(7)19/h2-5H,6H2,1H3,(H,21,22,26). The Morgan fingerprint density at radius 2 is 1.89 bits per heavy atom. The van der Waals surface area contributed by atoms with E-state index in [4.69, 9.17) is 0 Å². The van der Waals surface area contributed by atoms with E-state index < -0.39 is 51.9 Å². The fraction of sp³-hybridized carbons (Fsp3) is 0.133. The average molecular weight is 398 g/mol. The summed E-state index contributed by atoms with van der Waals surface area (Å²) in [6.07, 6.45) is 2.09. The Bertz CT molecular complexity index is 1070. The molecule has 0 saturated heterocycles. The lowest BCUT2D eigenvalue weighted by Crippen LogP contribution is -2.18. The molecule has 1 aromatic carbocycles. The normalized spacial score (nSPS) is 10.9. The minimum absolute atomic E-state index is 0.0870. The number of aryl methyl sites for hydroxylation is 1. The van der Waals surface area contributed by atoms with Gasteiger partial charge in [0.05, 0.1) is 17.0 Å². The number of hydrogen-bond donors (Lipinski definition) is 1. The molecule has 13 heteroatoms. The number of aromatic nitrogens is 4. The van der Waals surface area contributed by atoms with Crippen LogP contribution in [0.25, 0.3) is 0 Å². The first kappa shape index (κ1) is 19.0. The summed E-state index contributed by atoms with van der Waals surface area (Å²) in [4.78, 5) is 22.4. The number of benzene rings is 1. The maximum atomic E-state index is 13.7. The molecule has 0 aliphatic rings. The fourth-order valence-corrected chi connectivity index (χ4v) is 2.44. The number of amides is 1.